The fourth-order valence-corrected chi connectivity index (χ4v) is 2.11. The van der Waals surface area contributed by atoms with Crippen LogP contribution in [0.25, 0.3) is 10.8 Å². The zero-order chi connectivity index (χ0) is 11.0. The molecule has 1 atom stereocenters. The van der Waals surface area contributed by atoms with Gasteiger partial charge in [-0.3, -0.25) is 0 Å². The Hall–Kier alpha value is -2.03. The Morgan fingerprint density at radius 1 is 1.12 bits per heavy atom. The number of rotatable bonds is 1. The number of carbonyl (C=O) groups is 1. The average Bonchev–Trinajstić information content (AvgIpc) is 2.75. The molecule has 0 bridgehead atoms. The lowest BCUT2D eigenvalue weighted by Crippen LogP contribution is -2.18. The maximum atomic E-state index is 11.0. The quantitative estimate of drug-likeness (QED) is 0.790. The number of hydrogen-bond donors (Lipinski definition) is 1. The summed E-state index contributed by atoms with van der Waals surface area (Å²) in [6.07, 6.45) is -0.335. The van der Waals surface area contributed by atoms with Crippen LogP contribution in [0.3, 0.4) is 0 Å². The molecule has 1 amide bonds. The first-order valence-corrected chi connectivity index (χ1v) is 5.25. The van der Waals surface area contributed by atoms with Crippen molar-refractivity contribution in [2.45, 2.75) is 6.04 Å². The molecule has 16 heavy (non-hydrogen) atoms. The molecule has 0 spiro atoms. The molecule has 1 aliphatic heterocycles. The van der Waals surface area contributed by atoms with Crippen molar-refractivity contribution < 1.29 is 9.53 Å². The van der Waals surface area contributed by atoms with Gasteiger partial charge in [-0.2, -0.15) is 0 Å². The van der Waals surface area contributed by atoms with Gasteiger partial charge < -0.3 is 10.1 Å². The lowest BCUT2D eigenvalue weighted by atomic mass is 9.99. The largest absolute Gasteiger partial charge is 0.447 e. The Balaban J connectivity index is 2.13. The first-order chi connectivity index (χ1) is 7.84. The number of fused-ring (bicyclic) bond motifs is 1. The Bertz CT molecular complexity index is 545. The van der Waals surface area contributed by atoms with Crippen LogP contribution in [0, 0.1) is 0 Å². The summed E-state index contributed by atoms with van der Waals surface area (Å²) in [5, 5.41) is 5.15. The van der Waals surface area contributed by atoms with E-state index in [0.717, 1.165) is 5.56 Å². The van der Waals surface area contributed by atoms with E-state index < -0.39 is 0 Å². The Kier molecular flexibility index (Phi) is 2.03. The van der Waals surface area contributed by atoms with Crippen molar-refractivity contribution in [1.82, 2.24) is 5.32 Å². The van der Waals surface area contributed by atoms with E-state index in [1.807, 2.05) is 24.3 Å². The molecule has 0 saturated carbocycles. The van der Waals surface area contributed by atoms with Crippen LogP contribution in [-0.4, -0.2) is 12.7 Å². The van der Waals surface area contributed by atoms with Gasteiger partial charge in [-0.15, -0.1) is 0 Å². The Morgan fingerprint density at radius 2 is 1.94 bits per heavy atom. The van der Waals surface area contributed by atoms with Crippen molar-refractivity contribution in [1.29, 1.82) is 0 Å². The molecule has 80 valence electrons. The molecule has 0 radical (unpaired) electrons. The minimum absolute atomic E-state index is 0.0291. The van der Waals surface area contributed by atoms with Crippen LogP contribution in [0.5, 0.6) is 0 Å². The van der Waals surface area contributed by atoms with Crippen LogP contribution in [0.15, 0.2) is 42.5 Å². The molecule has 1 N–H and O–H groups in total. The third-order valence-electron chi connectivity index (χ3n) is 2.87. The normalized spacial score (nSPS) is 19.5. The van der Waals surface area contributed by atoms with E-state index in [0.29, 0.717) is 6.61 Å². The SMILES string of the molecule is O=C1N[C@H](c2cccc3ccccc23)CO1. The van der Waals surface area contributed by atoms with Crippen molar-refractivity contribution >= 4 is 16.9 Å². The number of amides is 1. The van der Waals surface area contributed by atoms with Crippen LogP contribution >= 0.6 is 0 Å². The maximum Gasteiger partial charge on any atom is 0.407 e. The third kappa shape index (κ3) is 1.41. The highest BCUT2D eigenvalue weighted by atomic mass is 16.6. The lowest BCUT2D eigenvalue weighted by molar-refractivity contribution is 0.177. The smallest absolute Gasteiger partial charge is 0.407 e. The zero-order valence-electron chi connectivity index (χ0n) is 8.64. The highest BCUT2D eigenvalue weighted by Gasteiger charge is 2.24. The average molecular weight is 213 g/mol. The van der Waals surface area contributed by atoms with Gasteiger partial charge in [-0.25, -0.2) is 4.79 Å². The molecule has 2 aromatic carbocycles. The highest BCUT2D eigenvalue weighted by Crippen LogP contribution is 2.26. The molecule has 1 fully saturated rings. The molecule has 1 saturated heterocycles. The molecule has 0 unspecified atom stereocenters. The van der Waals surface area contributed by atoms with E-state index in [-0.39, 0.29) is 12.1 Å². The second kappa shape index (κ2) is 3.52. The number of nitrogens with one attached hydrogen (secondary N) is 1. The third-order valence-corrected chi connectivity index (χ3v) is 2.87. The number of ether oxygens (including phenoxy) is 1. The fourth-order valence-electron chi connectivity index (χ4n) is 2.11. The molecule has 1 aliphatic rings. The minimum atomic E-state index is -0.335. The molecule has 2 aromatic rings. The monoisotopic (exact) mass is 213 g/mol. The van der Waals surface area contributed by atoms with Gasteiger partial charge in [-0.05, 0) is 16.3 Å². The summed E-state index contributed by atoms with van der Waals surface area (Å²) >= 11 is 0. The molecule has 1 heterocycles. The summed E-state index contributed by atoms with van der Waals surface area (Å²) in [5.74, 6) is 0. The van der Waals surface area contributed by atoms with Crippen molar-refractivity contribution in [2.75, 3.05) is 6.61 Å². The highest BCUT2D eigenvalue weighted by molar-refractivity contribution is 5.86. The fraction of sp³-hybridized carbons (Fsp3) is 0.154. The van der Waals surface area contributed by atoms with Crippen LogP contribution < -0.4 is 5.32 Å². The number of benzene rings is 2. The van der Waals surface area contributed by atoms with E-state index in [1.54, 1.807) is 0 Å². The molecular weight excluding hydrogens is 202 g/mol. The number of alkyl carbamates (subject to hydrolysis) is 1. The van der Waals surface area contributed by atoms with E-state index in [1.165, 1.54) is 10.8 Å². The number of cyclic esters (lactones) is 1. The first-order valence-electron chi connectivity index (χ1n) is 5.25. The summed E-state index contributed by atoms with van der Waals surface area (Å²) < 4.78 is 4.92. The second-order valence-electron chi connectivity index (χ2n) is 3.86. The molecular formula is C13H11NO2. The summed E-state index contributed by atoms with van der Waals surface area (Å²) in [4.78, 5) is 11.0. The molecule has 0 aliphatic carbocycles. The number of carbonyl (C=O) groups excluding carboxylic acids is 1. The first kappa shape index (κ1) is 9.21. The summed E-state index contributed by atoms with van der Waals surface area (Å²) in [6, 6.07) is 14.2. The van der Waals surface area contributed by atoms with Crippen molar-refractivity contribution in [2.24, 2.45) is 0 Å². The predicted octanol–water partition coefficient (Wildman–Crippen LogP) is 2.62. The van der Waals surface area contributed by atoms with Crippen molar-refractivity contribution in [3.05, 3.63) is 48.0 Å². The van der Waals surface area contributed by atoms with Crippen molar-refractivity contribution in [3.63, 3.8) is 0 Å². The maximum absolute atomic E-state index is 11.0. The van der Waals surface area contributed by atoms with Crippen LogP contribution in [-0.2, 0) is 4.74 Å². The van der Waals surface area contributed by atoms with E-state index in [4.69, 9.17) is 4.74 Å². The Morgan fingerprint density at radius 3 is 2.75 bits per heavy atom. The second-order valence-corrected chi connectivity index (χ2v) is 3.86. The molecule has 0 aromatic heterocycles. The topological polar surface area (TPSA) is 38.3 Å². The summed E-state index contributed by atoms with van der Waals surface area (Å²) in [5.41, 5.74) is 1.11. The number of hydrogen-bond acceptors (Lipinski definition) is 2. The van der Waals surface area contributed by atoms with Crippen molar-refractivity contribution in [3.8, 4) is 0 Å². The minimum Gasteiger partial charge on any atom is -0.447 e. The van der Waals surface area contributed by atoms with Gasteiger partial charge >= 0.3 is 6.09 Å². The predicted molar refractivity (Wildman–Crippen MR) is 61.2 cm³/mol. The van der Waals surface area contributed by atoms with Gasteiger partial charge in [0.1, 0.15) is 6.61 Å². The van der Waals surface area contributed by atoms with Gasteiger partial charge in [-0.1, -0.05) is 42.5 Å². The van der Waals surface area contributed by atoms with Gasteiger partial charge in [0, 0.05) is 0 Å². The summed E-state index contributed by atoms with van der Waals surface area (Å²) in [7, 11) is 0. The molecule has 3 heteroatoms. The van der Waals surface area contributed by atoms with Crippen LogP contribution in [0.1, 0.15) is 11.6 Å². The van der Waals surface area contributed by atoms with Crippen LogP contribution in [0.2, 0.25) is 0 Å². The van der Waals surface area contributed by atoms with Gasteiger partial charge in [0.25, 0.3) is 0 Å². The van der Waals surface area contributed by atoms with E-state index in [2.05, 4.69) is 23.5 Å². The van der Waals surface area contributed by atoms with Gasteiger partial charge in [0.15, 0.2) is 0 Å². The van der Waals surface area contributed by atoms with Gasteiger partial charge in [0.2, 0.25) is 0 Å². The standard InChI is InChI=1S/C13H11NO2/c15-13-14-12(8-16-13)11-7-3-5-9-4-1-2-6-10(9)11/h1-7,12H,8H2,(H,14,15)/t12-/m0/s1. The van der Waals surface area contributed by atoms with E-state index >= 15 is 0 Å². The van der Waals surface area contributed by atoms with Crippen LogP contribution in [0.4, 0.5) is 4.79 Å². The van der Waals surface area contributed by atoms with Gasteiger partial charge in [0.05, 0.1) is 6.04 Å². The molecule has 3 nitrogen and oxygen atoms in total. The lowest BCUT2D eigenvalue weighted by Gasteiger charge is -2.10. The Labute approximate surface area is 93.0 Å². The zero-order valence-corrected chi connectivity index (χ0v) is 8.64. The summed E-state index contributed by atoms with van der Waals surface area (Å²) in [6.45, 7) is 0.410. The van der Waals surface area contributed by atoms with E-state index in [9.17, 15) is 4.79 Å². The molecule has 3 rings (SSSR count).